The van der Waals surface area contributed by atoms with Gasteiger partial charge in [0, 0.05) is 11.1 Å². The van der Waals surface area contributed by atoms with Crippen molar-refractivity contribution in [1.29, 1.82) is 0 Å². The minimum atomic E-state index is -0.238. The van der Waals surface area contributed by atoms with Crippen LogP contribution in [0.3, 0.4) is 0 Å². The van der Waals surface area contributed by atoms with Gasteiger partial charge in [-0.05, 0) is 55.2 Å². The van der Waals surface area contributed by atoms with Crippen molar-refractivity contribution < 1.29 is 9.53 Å². The number of hydrogen-bond donors (Lipinski definition) is 0. The largest absolute Gasteiger partial charge is 0.462 e. The number of hydrogen-bond acceptors (Lipinski definition) is 4. The Bertz CT molecular complexity index is 732. The number of aryl methyl sites for hydroxylation is 1. The van der Waals surface area contributed by atoms with Crippen LogP contribution in [0.25, 0.3) is 10.2 Å². The zero-order valence-electron chi connectivity index (χ0n) is 14.4. The maximum Gasteiger partial charge on any atom is 0.348 e. The second-order valence-corrected chi connectivity index (χ2v) is 8.13. The molecule has 1 aliphatic rings. The van der Waals surface area contributed by atoms with E-state index in [0.717, 1.165) is 23.1 Å². The molecule has 4 heteroatoms. The average Bonchev–Trinajstić information content (AvgIpc) is 2.95. The molecule has 3 rings (SSSR count). The van der Waals surface area contributed by atoms with Crippen LogP contribution in [0.1, 0.15) is 61.5 Å². The van der Waals surface area contributed by atoms with Crippen molar-refractivity contribution in [2.75, 3.05) is 6.61 Å². The summed E-state index contributed by atoms with van der Waals surface area (Å²) in [7, 11) is 0. The van der Waals surface area contributed by atoms with Crippen LogP contribution in [-0.2, 0) is 17.6 Å². The van der Waals surface area contributed by atoms with Crippen LogP contribution in [0, 0.1) is 11.3 Å². The van der Waals surface area contributed by atoms with Gasteiger partial charge in [-0.25, -0.2) is 9.78 Å². The number of ether oxygens (including phenoxy) is 1. The predicted molar refractivity (Wildman–Crippen MR) is 95.2 cm³/mol. The van der Waals surface area contributed by atoms with Gasteiger partial charge in [-0.2, -0.15) is 0 Å². The second-order valence-electron chi connectivity index (χ2n) is 7.10. The zero-order valence-corrected chi connectivity index (χ0v) is 15.3. The fourth-order valence-corrected chi connectivity index (χ4v) is 4.31. The summed E-state index contributed by atoms with van der Waals surface area (Å²) < 4.78 is 5.10. The van der Waals surface area contributed by atoms with Crippen LogP contribution in [0.5, 0.6) is 0 Å². The van der Waals surface area contributed by atoms with Crippen LogP contribution < -0.4 is 0 Å². The molecule has 0 bridgehead atoms. The van der Waals surface area contributed by atoms with E-state index in [1.54, 1.807) is 0 Å². The van der Waals surface area contributed by atoms with Gasteiger partial charge in [0.05, 0.1) is 6.61 Å². The number of pyridine rings is 1. The summed E-state index contributed by atoms with van der Waals surface area (Å²) in [5, 5.41) is 1.08. The van der Waals surface area contributed by atoms with Gasteiger partial charge >= 0.3 is 5.97 Å². The third kappa shape index (κ3) is 3.14. The molecular formula is C19H25NO2S. The molecule has 1 unspecified atom stereocenters. The second kappa shape index (κ2) is 6.23. The van der Waals surface area contributed by atoms with Crippen LogP contribution >= 0.6 is 11.3 Å². The molecule has 23 heavy (non-hydrogen) atoms. The average molecular weight is 331 g/mol. The summed E-state index contributed by atoms with van der Waals surface area (Å²) in [5.41, 5.74) is 2.96. The van der Waals surface area contributed by atoms with Crippen molar-refractivity contribution in [1.82, 2.24) is 4.98 Å². The fourth-order valence-electron chi connectivity index (χ4n) is 3.38. The van der Waals surface area contributed by atoms with Gasteiger partial charge in [0.25, 0.3) is 0 Å². The molecule has 3 nitrogen and oxygen atoms in total. The maximum absolute atomic E-state index is 11.9. The van der Waals surface area contributed by atoms with E-state index >= 15 is 0 Å². The summed E-state index contributed by atoms with van der Waals surface area (Å²) in [4.78, 5) is 18.4. The van der Waals surface area contributed by atoms with Gasteiger partial charge in [-0.1, -0.05) is 27.2 Å². The molecule has 0 aliphatic heterocycles. The molecule has 0 amide bonds. The van der Waals surface area contributed by atoms with E-state index in [0.29, 0.717) is 22.8 Å². The standard InChI is InChI=1S/C19H25NO2S/c1-5-19(3,4)14-7-8-15-12(10-14)9-13-11-16(18(21)22-6-2)23-17(13)20-15/h9,11,14H,5-8,10H2,1-4H3. The normalized spacial score (nSPS) is 18.0. The van der Waals surface area contributed by atoms with Gasteiger partial charge < -0.3 is 4.74 Å². The van der Waals surface area contributed by atoms with Crippen molar-refractivity contribution in [2.24, 2.45) is 11.3 Å². The minimum absolute atomic E-state index is 0.238. The summed E-state index contributed by atoms with van der Waals surface area (Å²) in [6, 6.07) is 4.18. The first-order chi connectivity index (χ1) is 10.9. The lowest BCUT2D eigenvalue weighted by Crippen LogP contribution is -2.29. The molecule has 2 heterocycles. The summed E-state index contributed by atoms with van der Waals surface area (Å²) in [5.74, 6) is 0.473. The Kier molecular flexibility index (Phi) is 4.45. The molecule has 0 N–H and O–H groups in total. The van der Waals surface area contributed by atoms with E-state index in [4.69, 9.17) is 9.72 Å². The summed E-state index contributed by atoms with van der Waals surface area (Å²) in [6.45, 7) is 9.26. The first-order valence-electron chi connectivity index (χ1n) is 8.54. The first-order valence-corrected chi connectivity index (χ1v) is 9.35. The molecule has 0 saturated heterocycles. The van der Waals surface area contributed by atoms with E-state index in [9.17, 15) is 4.79 Å². The number of aromatic nitrogens is 1. The van der Waals surface area contributed by atoms with Crippen molar-refractivity contribution in [3.63, 3.8) is 0 Å². The van der Waals surface area contributed by atoms with Crippen molar-refractivity contribution >= 4 is 27.5 Å². The zero-order chi connectivity index (χ0) is 16.6. The molecule has 0 aromatic carbocycles. The van der Waals surface area contributed by atoms with Crippen LogP contribution in [0.15, 0.2) is 12.1 Å². The highest BCUT2D eigenvalue weighted by molar-refractivity contribution is 7.20. The lowest BCUT2D eigenvalue weighted by atomic mass is 9.69. The Labute approximate surface area is 142 Å². The van der Waals surface area contributed by atoms with Gasteiger partial charge in [0.1, 0.15) is 9.71 Å². The molecular weight excluding hydrogens is 306 g/mol. The third-order valence-electron chi connectivity index (χ3n) is 5.37. The smallest absolute Gasteiger partial charge is 0.348 e. The molecule has 0 radical (unpaired) electrons. The Hall–Kier alpha value is -1.42. The van der Waals surface area contributed by atoms with E-state index < -0.39 is 0 Å². The molecule has 2 aromatic heterocycles. The Morgan fingerprint density at radius 2 is 2.17 bits per heavy atom. The molecule has 2 aromatic rings. The number of thiophene rings is 1. The van der Waals surface area contributed by atoms with E-state index in [2.05, 4.69) is 26.8 Å². The Morgan fingerprint density at radius 3 is 2.87 bits per heavy atom. The van der Waals surface area contributed by atoms with Crippen molar-refractivity contribution in [2.45, 2.75) is 53.4 Å². The fraction of sp³-hybridized carbons (Fsp3) is 0.579. The van der Waals surface area contributed by atoms with Gasteiger partial charge in [-0.3, -0.25) is 0 Å². The van der Waals surface area contributed by atoms with Gasteiger partial charge in [-0.15, -0.1) is 11.3 Å². The first kappa shape index (κ1) is 16.4. The topological polar surface area (TPSA) is 39.2 Å². The number of nitrogens with zero attached hydrogens (tertiary/aromatic N) is 1. The van der Waals surface area contributed by atoms with Crippen LogP contribution in [0.4, 0.5) is 0 Å². The van der Waals surface area contributed by atoms with Gasteiger partial charge in [0.15, 0.2) is 0 Å². The van der Waals surface area contributed by atoms with E-state index in [1.807, 2.05) is 13.0 Å². The molecule has 1 aliphatic carbocycles. The molecule has 0 saturated carbocycles. The third-order valence-corrected chi connectivity index (χ3v) is 6.39. The lowest BCUT2D eigenvalue weighted by molar-refractivity contribution is 0.0532. The van der Waals surface area contributed by atoms with Crippen LogP contribution in [0.2, 0.25) is 0 Å². The highest BCUT2D eigenvalue weighted by Crippen LogP contribution is 2.40. The molecule has 1 atom stereocenters. The highest BCUT2D eigenvalue weighted by Gasteiger charge is 2.31. The van der Waals surface area contributed by atoms with Gasteiger partial charge in [0.2, 0.25) is 0 Å². The van der Waals surface area contributed by atoms with Crippen molar-refractivity contribution in [3.05, 3.63) is 28.3 Å². The van der Waals surface area contributed by atoms with E-state index in [-0.39, 0.29) is 5.97 Å². The number of fused-ring (bicyclic) bond motifs is 2. The number of rotatable bonds is 4. The van der Waals surface area contributed by atoms with Crippen LogP contribution in [-0.4, -0.2) is 17.6 Å². The molecule has 124 valence electrons. The Morgan fingerprint density at radius 1 is 1.39 bits per heavy atom. The summed E-state index contributed by atoms with van der Waals surface area (Å²) >= 11 is 1.44. The lowest BCUT2D eigenvalue weighted by Gasteiger charge is -2.36. The monoisotopic (exact) mass is 331 g/mol. The van der Waals surface area contributed by atoms with E-state index in [1.165, 1.54) is 35.4 Å². The number of esters is 1. The SMILES string of the molecule is CCOC(=O)c1cc2cc3c(nc2s1)CCC(C(C)(C)CC)C3. The number of carbonyl (C=O) groups is 1. The maximum atomic E-state index is 11.9. The van der Waals surface area contributed by atoms with Crippen molar-refractivity contribution in [3.8, 4) is 0 Å². The summed E-state index contributed by atoms with van der Waals surface area (Å²) in [6.07, 6.45) is 4.56. The number of carbonyl (C=O) groups excluding carboxylic acids is 1. The molecule has 0 fully saturated rings. The quantitative estimate of drug-likeness (QED) is 0.739. The predicted octanol–water partition coefficient (Wildman–Crippen LogP) is 5.01. The highest BCUT2D eigenvalue weighted by atomic mass is 32.1. The minimum Gasteiger partial charge on any atom is -0.462 e. The Balaban J connectivity index is 1.92. The molecule has 0 spiro atoms.